The minimum Gasteiger partial charge on any atom is -0.302 e. The summed E-state index contributed by atoms with van der Waals surface area (Å²) in [7, 11) is 4.25. The van der Waals surface area contributed by atoms with Crippen LogP contribution in [0.4, 0.5) is 0 Å². The van der Waals surface area contributed by atoms with Crippen LogP contribution in [-0.4, -0.2) is 29.5 Å². The van der Waals surface area contributed by atoms with Gasteiger partial charge in [-0.15, -0.1) is 0 Å². The molecular weight excluding hydrogens is 260 g/mol. The van der Waals surface area contributed by atoms with E-state index in [2.05, 4.69) is 61.5 Å². The summed E-state index contributed by atoms with van der Waals surface area (Å²) in [5, 5.41) is 2.36. The van der Waals surface area contributed by atoms with E-state index in [4.69, 9.17) is 5.84 Å². The van der Waals surface area contributed by atoms with Gasteiger partial charge in [-0.1, -0.05) is 32.0 Å². The summed E-state index contributed by atoms with van der Waals surface area (Å²) in [4.78, 5) is 6.57. The van der Waals surface area contributed by atoms with Gasteiger partial charge in [-0.25, -0.2) is 0 Å². The molecule has 2 rings (SSSR count). The lowest BCUT2D eigenvalue weighted by atomic mass is 9.79. The van der Waals surface area contributed by atoms with Crippen LogP contribution in [0.2, 0.25) is 0 Å². The molecule has 1 aromatic heterocycles. The van der Waals surface area contributed by atoms with E-state index in [1.54, 1.807) is 0 Å². The second-order valence-corrected chi connectivity index (χ2v) is 5.75. The van der Waals surface area contributed by atoms with Crippen molar-refractivity contribution in [3.63, 3.8) is 0 Å². The van der Waals surface area contributed by atoms with E-state index >= 15 is 0 Å². The van der Waals surface area contributed by atoms with Gasteiger partial charge < -0.3 is 4.90 Å². The molecule has 0 aliphatic rings. The monoisotopic (exact) mass is 286 g/mol. The van der Waals surface area contributed by atoms with Gasteiger partial charge in [0, 0.05) is 23.3 Å². The summed E-state index contributed by atoms with van der Waals surface area (Å²) >= 11 is 0. The minimum absolute atomic E-state index is 0.0289. The molecular formula is C17H26N4. The summed E-state index contributed by atoms with van der Waals surface area (Å²) < 4.78 is 0. The molecule has 0 saturated carbocycles. The van der Waals surface area contributed by atoms with Gasteiger partial charge in [0.1, 0.15) is 0 Å². The largest absolute Gasteiger partial charge is 0.302 e. The first kappa shape index (κ1) is 15.9. The van der Waals surface area contributed by atoms with E-state index in [1.165, 1.54) is 10.9 Å². The fraction of sp³-hybridized carbons (Fsp3) is 0.471. The molecule has 114 valence electrons. The highest BCUT2D eigenvalue weighted by Crippen LogP contribution is 2.38. The zero-order chi connectivity index (χ0) is 15.5. The van der Waals surface area contributed by atoms with Gasteiger partial charge >= 0.3 is 0 Å². The molecule has 2 aromatic rings. The van der Waals surface area contributed by atoms with Crippen molar-refractivity contribution in [2.24, 2.45) is 5.84 Å². The molecule has 0 fully saturated rings. The Morgan fingerprint density at radius 3 is 2.52 bits per heavy atom. The van der Waals surface area contributed by atoms with Crippen LogP contribution in [0.15, 0.2) is 36.7 Å². The van der Waals surface area contributed by atoms with Crippen molar-refractivity contribution in [3.8, 4) is 0 Å². The van der Waals surface area contributed by atoms with Crippen LogP contribution in [0.25, 0.3) is 10.8 Å². The first-order valence-electron chi connectivity index (χ1n) is 7.57. The predicted octanol–water partition coefficient (Wildman–Crippen LogP) is 2.86. The van der Waals surface area contributed by atoms with Gasteiger partial charge in [0.15, 0.2) is 0 Å². The smallest absolute Gasteiger partial charge is 0.0650 e. The molecule has 1 atom stereocenters. The number of nitrogens with one attached hydrogen (secondary N) is 1. The fourth-order valence-electron chi connectivity index (χ4n) is 3.47. The molecule has 3 N–H and O–H groups in total. The van der Waals surface area contributed by atoms with Crippen LogP contribution in [-0.2, 0) is 0 Å². The van der Waals surface area contributed by atoms with Crippen LogP contribution in [0.1, 0.15) is 38.3 Å². The number of likely N-dealkylation sites (N-methyl/N-ethyl adjacent to an activating group) is 1. The van der Waals surface area contributed by atoms with E-state index in [1.807, 2.05) is 18.5 Å². The van der Waals surface area contributed by atoms with E-state index in [-0.39, 0.29) is 11.6 Å². The Kier molecular flexibility index (Phi) is 4.93. The van der Waals surface area contributed by atoms with Crippen molar-refractivity contribution < 1.29 is 0 Å². The van der Waals surface area contributed by atoms with Gasteiger partial charge in [0.2, 0.25) is 0 Å². The number of hydrazine groups is 1. The van der Waals surface area contributed by atoms with E-state index in [0.717, 1.165) is 18.2 Å². The van der Waals surface area contributed by atoms with Crippen molar-refractivity contribution in [1.29, 1.82) is 0 Å². The Hall–Kier alpha value is -1.49. The second-order valence-electron chi connectivity index (χ2n) is 5.75. The third kappa shape index (κ3) is 2.67. The molecule has 0 amide bonds. The van der Waals surface area contributed by atoms with Gasteiger partial charge in [-0.3, -0.25) is 16.3 Å². The van der Waals surface area contributed by atoms with Crippen molar-refractivity contribution in [2.45, 2.75) is 38.3 Å². The maximum absolute atomic E-state index is 5.97. The second kappa shape index (κ2) is 6.52. The fourth-order valence-corrected chi connectivity index (χ4v) is 3.47. The maximum Gasteiger partial charge on any atom is 0.0650 e. The quantitative estimate of drug-likeness (QED) is 0.633. The summed E-state index contributed by atoms with van der Waals surface area (Å²) in [6, 6.07) is 8.45. The third-order valence-electron chi connectivity index (χ3n) is 4.85. The number of nitrogens with two attached hydrogens (primary N) is 1. The zero-order valence-electron chi connectivity index (χ0n) is 13.4. The summed E-state index contributed by atoms with van der Waals surface area (Å²) in [6.45, 7) is 4.44. The molecule has 0 aliphatic carbocycles. The van der Waals surface area contributed by atoms with Gasteiger partial charge in [0.05, 0.1) is 6.04 Å². The van der Waals surface area contributed by atoms with Crippen molar-refractivity contribution in [1.82, 2.24) is 15.3 Å². The van der Waals surface area contributed by atoms with Crippen LogP contribution in [0, 0.1) is 0 Å². The zero-order valence-corrected chi connectivity index (χ0v) is 13.4. The average molecular weight is 286 g/mol. The minimum atomic E-state index is -0.0289. The van der Waals surface area contributed by atoms with Crippen LogP contribution >= 0.6 is 0 Å². The number of rotatable bonds is 6. The van der Waals surface area contributed by atoms with Crippen molar-refractivity contribution in [3.05, 3.63) is 42.2 Å². The number of pyridine rings is 1. The Labute approximate surface area is 127 Å². The predicted molar refractivity (Wildman–Crippen MR) is 88.8 cm³/mol. The topological polar surface area (TPSA) is 54.2 Å². The number of hydrogen-bond acceptors (Lipinski definition) is 4. The summed E-state index contributed by atoms with van der Waals surface area (Å²) in [5.74, 6) is 5.97. The number of aromatic nitrogens is 1. The standard InChI is InChI=1S/C17H26N4/c1-5-17(6-2,21(3)4)16(20-18)14-9-7-8-13-10-11-19-12-15(13)14/h7-12,16,20H,5-6,18H2,1-4H3. The number of nitrogens with zero attached hydrogens (tertiary/aromatic N) is 2. The lowest BCUT2D eigenvalue weighted by molar-refractivity contribution is 0.0888. The van der Waals surface area contributed by atoms with E-state index < -0.39 is 0 Å². The number of hydrogen-bond donors (Lipinski definition) is 2. The SMILES string of the molecule is CCC(CC)(C(NN)c1cccc2ccncc12)N(C)C. The molecule has 21 heavy (non-hydrogen) atoms. The van der Waals surface area contributed by atoms with E-state index in [9.17, 15) is 0 Å². The first-order valence-corrected chi connectivity index (χ1v) is 7.57. The summed E-state index contributed by atoms with van der Waals surface area (Å²) in [6.07, 6.45) is 5.79. The van der Waals surface area contributed by atoms with Crippen molar-refractivity contribution >= 4 is 10.8 Å². The maximum atomic E-state index is 5.97. The van der Waals surface area contributed by atoms with E-state index in [0.29, 0.717) is 0 Å². The normalized spacial score (nSPS) is 13.8. The number of benzene rings is 1. The van der Waals surface area contributed by atoms with Gasteiger partial charge in [-0.05, 0) is 44.0 Å². The molecule has 0 saturated heterocycles. The third-order valence-corrected chi connectivity index (χ3v) is 4.85. The highest BCUT2D eigenvalue weighted by atomic mass is 15.3. The first-order chi connectivity index (χ1) is 10.1. The Balaban J connectivity index is 2.63. The van der Waals surface area contributed by atoms with Gasteiger partial charge in [0.25, 0.3) is 0 Å². The summed E-state index contributed by atoms with van der Waals surface area (Å²) in [5.41, 5.74) is 4.25. The molecule has 0 radical (unpaired) electrons. The molecule has 1 unspecified atom stereocenters. The number of fused-ring (bicyclic) bond motifs is 1. The van der Waals surface area contributed by atoms with Gasteiger partial charge in [-0.2, -0.15) is 0 Å². The highest BCUT2D eigenvalue weighted by Gasteiger charge is 2.38. The molecule has 1 aromatic carbocycles. The molecule has 0 spiro atoms. The van der Waals surface area contributed by atoms with Crippen LogP contribution < -0.4 is 11.3 Å². The average Bonchev–Trinajstić information content (AvgIpc) is 2.52. The molecule has 4 heteroatoms. The molecule has 0 aliphatic heterocycles. The van der Waals surface area contributed by atoms with Crippen LogP contribution in [0.5, 0.6) is 0 Å². The Morgan fingerprint density at radius 1 is 1.24 bits per heavy atom. The lowest BCUT2D eigenvalue weighted by Gasteiger charge is -2.45. The highest BCUT2D eigenvalue weighted by molar-refractivity contribution is 5.85. The molecule has 4 nitrogen and oxygen atoms in total. The molecule has 0 bridgehead atoms. The Bertz CT molecular complexity index is 585. The molecule has 1 heterocycles. The van der Waals surface area contributed by atoms with Crippen molar-refractivity contribution in [2.75, 3.05) is 14.1 Å². The van der Waals surface area contributed by atoms with Crippen LogP contribution in [0.3, 0.4) is 0 Å². The lowest BCUT2D eigenvalue weighted by Crippen LogP contribution is -2.54. The Morgan fingerprint density at radius 2 is 1.95 bits per heavy atom.